The van der Waals surface area contributed by atoms with Crippen molar-refractivity contribution in [2.24, 2.45) is 0 Å². The number of aromatic nitrogens is 1. The van der Waals surface area contributed by atoms with Crippen LogP contribution in [-0.2, 0) is 19.4 Å². The smallest absolute Gasteiger partial charge is 0.409 e. The summed E-state index contributed by atoms with van der Waals surface area (Å²) in [7, 11) is -0.439. The Kier molecular flexibility index (Phi) is 6.29. The number of hydrogen-bond acceptors (Lipinski definition) is 6. The van der Waals surface area contributed by atoms with Crippen LogP contribution in [-0.4, -0.2) is 57.3 Å². The minimum Gasteiger partial charge on any atom is -0.453 e. The van der Waals surface area contributed by atoms with Crippen LogP contribution < -0.4 is 5.32 Å². The number of nitrogens with zero attached hydrogens (tertiary/aromatic N) is 2. The van der Waals surface area contributed by atoms with Crippen molar-refractivity contribution < 1.29 is 22.7 Å². The third kappa shape index (κ3) is 5.68. The third-order valence-electron chi connectivity index (χ3n) is 2.82. The first-order valence-electron chi connectivity index (χ1n) is 6.49. The van der Waals surface area contributed by atoms with E-state index in [4.69, 9.17) is 0 Å². The molecule has 8 nitrogen and oxygen atoms in total. The second kappa shape index (κ2) is 7.74. The van der Waals surface area contributed by atoms with E-state index in [-0.39, 0.29) is 23.0 Å². The van der Waals surface area contributed by atoms with Gasteiger partial charge in [0.05, 0.1) is 12.0 Å². The molecule has 1 N–H and O–H groups in total. The van der Waals surface area contributed by atoms with Crippen LogP contribution in [0.4, 0.5) is 10.6 Å². The fraction of sp³-hybridized carbons (Fsp3) is 0.462. The fourth-order valence-electron chi connectivity index (χ4n) is 1.60. The number of rotatable bonds is 6. The van der Waals surface area contributed by atoms with Gasteiger partial charge in [-0.2, -0.15) is 0 Å². The Hall–Kier alpha value is -2.16. The molecule has 0 aliphatic rings. The topological polar surface area (TPSA) is 106 Å². The van der Waals surface area contributed by atoms with E-state index in [2.05, 4.69) is 15.0 Å². The summed E-state index contributed by atoms with van der Waals surface area (Å²) in [6.07, 6.45) is 2.49. The van der Waals surface area contributed by atoms with Crippen LogP contribution in [0.2, 0.25) is 0 Å². The summed E-state index contributed by atoms with van der Waals surface area (Å²) in [6.45, 7) is 0.389. The molecule has 0 fully saturated rings. The van der Waals surface area contributed by atoms with Gasteiger partial charge in [0.1, 0.15) is 5.82 Å². The van der Waals surface area contributed by atoms with Crippen molar-refractivity contribution in [3.05, 3.63) is 18.3 Å². The van der Waals surface area contributed by atoms with Crippen LogP contribution in [0.1, 0.15) is 12.8 Å². The maximum atomic E-state index is 11.7. The number of methoxy groups -OCH3 is 1. The minimum absolute atomic E-state index is 0.0881. The molecular formula is C13H19N3O5S. The van der Waals surface area contributed by atoms with Gasteiger partial charge in [0.25, 0.3) is 0 Å². The third-order valence-corrected chi connectivity index (χ3v) is 3.91. The van der Waals surface area contributed by atoms with Crippen LogP contribution in [0.3, 0.4) is 0 Å². The van der Waals surface area contributed by atoms with Crippen molar-refractivity contribution in [3.8, 4) is 0 Å². The van der Waals surface area contributed by atoms with E-state index >= 15 is 0 Å². The van der Waals surface area contributed by atoms with Crippen molar-refractivity contribution in [1.29, 1.82) is 0 Å². The highest BCUT2D eigenvalue weighted by Gasteiger charge is 2.10. The zero-order valence-corrected chi connectivity index (χ0v) is 13.5. The molecule has 0 aliphatic carbocycles. The molecule has 0 aromatic carbocycles. The lowest BCUT2D eigenvalue weighted by atomic mass is 10.3. The van der Waals surface area contributed by atoms with Gasteiger partial charge >= 0.3 is 6.09 Å². The summed E-state index contributed by atoms with van der Waals surface area (Å²) >= 11 is 0. The number of carbonyl (C=O) groups is 2. The molecule has 0 saturated carbocycles. The molecule has 0 spiro atoms. The maximum absolute atomic E-state index is 11.7. The average Bonchev–Trinajstić information content (AvgIpc) is 2.45. The van der Waals surface area contributed by atoms with Crippen LogP contribution in [0.15, 0.2) is 23.2 Å². The molecule has 0 unspecified atom stereocenters. The quantitative estimate of drug-likeness (QED) is 0.831. The Morgan fingerprint density at radius 2 is 2.05 bits per heavy atom. The second-order valence-corrected chi connectivity index (χ2v) is 6.71. The molecule has 0 aliphatic heterocycles. The Labute approximate surface area is 129 Å². The predicted octanol–water partition coefficient (Wildman–Crippen LogP) is 0.902. The molecular weight excluding hydrogens is 310 g/mol. The molecule has 9 heteroatoms. The normalized spacial score (nSPS) is 10.9. The molecule has 0 radical (unpaired) electrons. The van der Waals surface area contributed by atoms with Gasteiger partial charge in [0.2, 0.25) is 5.91 Å². The maximum Gasteiger partial charge on any atom is 0.409 e. The molecule has 1 heterocycles. The highest BCUT2D eigenvalue weighted by molar-refractivity contribution is 7.90. The largest absolute Gasteiger partial charge is 0.453 e. The Bertz CT molecular complexity index is 628. The monoisotopic (exact) mass is 329 g/mol. The molecule has 1 aromatic rings. The van der Waals surface area contributed by atoms with E-state index in [0.717, 1.165) is 6.26 Å². The van der Waals surface area contributed by atoms with Gasteiger partial charge in [0, 0.05) is 32.5 Å². The molecule has 22 heavy (non-hydrogen) atoms. The van der Waals surface area contributed by atoms with Crippen molar-refractivity contribution in [1.82, 2.24) is 9.88 Å². The van der Waals surface area contributed by atoms with Gasteiger partial charge in [0.15, 0.2) is 9.84 Å². The fourth-order valence-corrected chi connectivity index (χ4v) is 2.16. The van der Waals surface area contributed by atoms with E-state index in [9.17, 15) is 18.0 Å². The van der Waals surface area contributed by atoms with E-state index in [0.29, 0.717) is 13.0 Å². The molecule has 0 bridgehead atoms. The molecule has 122 valence electrons. The van der Waals surface area contributed by atoms with E-state index in [1.807, 2.05) is 0 Å². The van der Waals surface area contributed by atoms with Crippen LogP contribution >= 0.6 is 0 Å². The van der Waals surface area contributed by atoms with Gasteiger partial charge in [-0.1, -0.05) is 0 Å². The van der Waals surface area contributed by atoms with Crippen molar-refractivity contribution in [2.45, 2.75) is 17.7 Å². The first-order chi connectivity index (χ1) is 10.2. The molecule has 0 saturated heterocycles. The van der Waals surface area contributed by atoms with Gasteiger partial charge in [-0.15, -0.1) is 0 Å². The lowest BCUT2D eigenvalue weighted by Gasteiger charge is -2.14. The van der Waals surface area contributed by atoms with Crippen molar-refractivity contribution in [3.63, 3.8) is 0 Å². The average molecular weight is 329 g/mol. The number of ether oxygens (including phenoxy) is 1. The summed E-state index contributed by atoms with van der Waals surface area (Å²) < 4.78 is 27.1. The Morgan fingerprint density at radius 1 is 1.36 bits per heavy atom. The lowest BCUT2D eigenvalue weighted by molar-refractivity contribution is -0.116. The van der Waals surface area contributed by atoms with Gasteiger partial charge in [-0.3, -0.25) is 4.79 Å². The summed E-state index contributed by atoms with van der Waals surface area (Å²) in [5.41, 5.74) is 0. The Balaban J connectivity index is 2.44. The second-order valence-electron chi connectivity index (χ2n) is 4.69. The van der Waals surface area contributed by atoms with Crippen molar-refractivity contribution in [2.75, 3.05) is 32.3 Å². The first-order valence-corrected chi connectivity index (χ1v) is 8.38. The highest BCUT2D eigenvalue weighted by Crippen LogP contribution is 2.10. The molecule has 0 atom stereocenters. The molecule has 2 amide bonds. The number of hydrogen-bond donors (Lipinski definition) is 1. The molecule has 1 aromatic heterocycles. The van der Waals surface area contributed by atoms with Crippen LogP contribution in [0.25, 0.3) is 0 Å². The number of carbonyl (C=O) groups excluding carboxylic acids is 2. The number of pyridine rings is 1. The van der Waals surface area contributed by atoms with E-state index in [1.54, 1.807) is 7.05 Å². The molecule has 1 rings (SSSR count). The van der Waals surface area contributed by atoms with Gasteiger partial charge < -0.3 is 15.0 Å². The SMILES string of the molecule is COC(=O)N(C)CCCC(=O)Nc1ccc(S(C)(=O)=O)cn1. The van der Waals surface area contributed by atoms with Crippen LogP contribution in [0.5, 0.6) is 0 Å². The van der Waals surface area contributed by atoms with Gasteiger partial charge in [-0.25, -0.2) is 18.2 Å². The van der Waals surface area contributed by atoms with Gasteiger partial charge in [-0.05, 0) is 18.6 Å². The van der Waals surface area contributed by atoms with Crippen molar-refractivity contribution >= 4 is 27.7 Å². The first kappa shape index (κ1) is 17.9. The zero-order valence-electron chi connectivity index (χ0n) is 12.7. The predicted molar refractivity (Wildman–Crippen MR) is 80.2 cm³/mol. The number of anilines is 1. The summed E-state index contributed by atoms with van der Waals surface area (Å²) in [4.78, 5) is 28.2. The number of sulfone groups is 1. The summed E-state index contributed by atoms with van der Waals surface area (Å²) in [5.74, 6) is 0.0107. The van der Waals surface area contributed by atoms with E-state index < -0.39 is 15.9 Å². The minimum atomic E-state index is -3.31. The zero-order chi connectivity index (χ0) is 16.8. The lowest BCUT2D eigenvalue weighted by Crippen LogP contribution is -2.28. The van der Waals surface area contributed by atoms with E-state index in [1.165, 1.54) is 30.3 Å². The standard InChI is InChI=1S/C13H19N3O5S/c1-16(13(18)21-2)8-4-5-12(17)15-11-7-6-10(9-14-11)22(3,19)20/h6-7,9H,4-5,8H2,1-3H3,(H,14,15,17). The number of amides is 2. The van der Waals surface area contributed by atoms with Crippen LogP contribution in [0, 0.1) is 0 Å². The highest BCUT2D eigenvalue weighted by atomic mass is 32.2. The number of nitrogens with one attached hydrogen (secondary N) is 1. The summed E-state index contributed by atoms with van der Waals surface area (Å²) in [5, 5.41) is 2.56. The summed E-state index contributed by atoms with van der Waals surface area (Å²) in [6, 6.07) is 2.80. The Morgan fingerprint density at radius 3 is 2.55 bits per heavy atom.